The molecule has 5 N–H and O–H groups in total. The van der Waals surface area contributed by atoms with Gasteiger partial charge >= 0.3 is 6.09 Å². The Bertz CT molecular complexity index is 946. The lowest BCUT2D eigenvalue weighted by atomic mass is 9.88. The molecule has 6 unspecified atom stereocenters. The molecule has 1 aliphatic rings. The molecule has 0 aromatic heterocycles. The maximum Gasteiger partial charge on any atom is 0.405 e. The zero-order valence-electron chi connectivity index (χ0n) is 21.8. The molecule has 0 saturated carbocycles. The Morgan fingerprint density at radius 2 is 1.83 bits per heavy atom. The highest BCUT2D eigenvalue weighted by atomic mass is 16.6. The van der Waals surface area contributed by atoms with Crippen molar-refractivity contribution < 1.29 is 34.0 Å². The fourth-order valence-electron chi connectivity index (χ4n) is 4.68. The minimum atomic E-state index is -0.926. The molecule has 0 saturated heterocycles. The first kappa shape index (κ1) is 29.4. The maximum absolute atomic E-state index is 12.4. The molecule has 0 fully saturated rings. The van der Waals surface area contributed by atoms with Gasteiger partial charge in [0, 0.05) is 31.9 Å². The van der Waals surface area contributed by atoms with Gasteiger partial charge in [0.25, 0.3) is 0 Å². The number of primary amides is 1. The number of nitrogens with one attached hydrogen (secondary N) is 1. The third-order valence-electron chi connectivity index (χ3n) is 6.43. The minimum Gasteiger partial charge on any atom is -0.508 e. The predicted octanol–water partition coefficient (Wildman–Crippen LogP) is 3.69. The first-order chi connectivity index (χ1) is 17.0. The Labute approximate surface area is 213 Å². The normalized spacial score (nSPS) is 31.1. The van der Waals surface area contributed by atoms with E-state index in [9.17, 15) is 19.8 Å². The van der Waals surface area contributed by atoms with Crippen molar-refractivity contribution in [3.63, 3.8) is 0 Å². The van der Waals surface area contributed by atoms with Gasteiger partial charge in [-0.05, 0) is 67.9 Å². The van der Waals surface area contributed by atoms with Gasteiger partial charge < -0.3 is 35.5 Å². The lowest BCUT2D eigenvalue weighted by Gasteiger charge is -2.30. The summed E-state index contributed by atoms with van der Waals surface area (Å²) in [5, 5.41) is 24.0. The van der Waals surface area contributed by atoms with Crippen LogP contribution in [0.2, 0.25) is 0 Å². The molecule has 6 atom stereocenters. The number of hydrogen-bond acceptors (Lipinski definition) is 7. The largest absolute Gasteiger partial charge is 0.508 e. The lowest BCUT2D eigenvalue weighted by Crippen LogP contribution is -2.37. The van der Waals surface area contributed by atoms with Crippen LogP contribution in [-0.4, -0.2) is 60.8 Å². The van der Waals surface area contributed by atoms with E-state index in [-0.39, 0.29) is 23.5 Å². The number of amides is 2. The Balaban J connectivity index is 2.41. The third-order valence-corrected chi connectivity index (χ3v) is 6.43. The lowest BCUT2D eigenvalue weighted by molar-refractivity contribution is -0.111. The molecule has 1 heterocycles. The van der Waals surface area contributed by atoms with Crippen LogP contribution in [0.3, 0.4) is 0 Å². The highest BCUT2D eigenvalue weighted by molar-refractivity contribution is 5.99. The summed E-state index contributed by atoms with van der Waals surface area (Å²) in [6.07, 6.45) is 3.63. The van der Waals surface area contributed by atoms with Crippen LogP contribution in [0.15, 0.2) is 42.0 Å². The number of hydrogen-bond donors (Lipinski definition) is 4. The summed E-state index contributed by atoms with van der Waals surface area (Å²) in [5.74, 6) is -0.470. The van der Waals surface area contributed by atoms with Crippen LogP contribution < -0.4 is 11.1 Å². The molecular weight excluding hydrogens is 464 g/mol. The van der Waals surface area contributed by atoms with E-state index in [1.807, 2.05) is 26.0 Å². The number of carbonyl (C=O) groups excluding carboxylic acids is 2. The van der Waals surface area contributed by atoms with E-state index in [0.717, 1.165) is 5.56 Å². The zero-order chi connectivity index (χ0) is 26.8. The number of rotatable bonds is 3. The van der Waals surface area contributed by atoms with Crippen molar-refractivity contribution in [3.8, 4) is 5.75 Å². The van der Waals surface area contributed by atoms with E-state index in [1.54, 1.807) is 26.2 Å². The van der Waals surface area contributed by atoms with E-state index in [0.29, 0.717) is 36.9 Å². The average Bonchev–Trinajstić information content (AvgIpc) is 2.79. The summed E-state index contributed by atoms with van der Waals surface area (Å²) in [6.45, 7) is 5.72. The summed E-state index contributed by atoms with van der Waals surface area (Å²) in [5.41, 5.74) is 7.38. The van der Waals surface area contributed by atoms with E-state index >= 15 is 0 Å². The predicted molar refractivity (Wildman–Crippen MR) is 138 cm³/mol. The third kappa shape index (κ3) is 8.96. The van der Waals surface area contributed by atoms with Gasteiger partial charge in [-0.1, -0.05) is 26.0 Å². The molecule has 9 heteroatoms. The van der Waals surface area contributed by atoms with Gasteiger partial charge in [0.15, 0.2) is 6.10 Å². The van der Waals surface area contributed by atoms with E-state index in [1.165, 1.54) is 19.3 Å². The second-order valence-corrected chi connectivity index (χ2v) is 9.57. The average molecular weight is 505 g/mol. The van der Waals surface area contributed by atoms with Crippen LogP contribution in [0.25, 0.3) is 0 Å². The van der Waals surface area contributed by atoms with Crippen LogP contribution in [0.4, 0.5) is 10.5 Å². The Morgan fingerprint density at radius 1 is 1.14 bits per heavy atom. The van der Waals surface area contributed by atoms with Crippen molar-refractivity contribution in [1.82, 2.24) is 0 Å². The smallest absolute Gasteiger partial charge is 0.405 e. The molecule has 9 nitrogen and oxygen atoms in total. The van der Waals surface area contributed by atoms with Crippen LogP contribution >= 0.6 is 0 Å². The van der Waals surface area contributed by atoms with Gasteiger partial charge in [0.1, 0.15) is 5.75 Å². The number of aliphatic hydroxyl groups excluding tert-OH is 1. The molecule has 0 aliphatic carbocycles. The number of allylic oxidation sites excluding steroid dienone is 1. The molecule has 200 valence electrons. The van der Waals surface area contributed by atoms with Gasteiger partial charge in [-0.2, -0.15) is 0 Å². The number of fused-ring (bicyclic) bond motifs is 2. The SMILES string of the molecule is COC1CC/C=C/C(=O)Nc2cc(O)cc(c2)CC(C)CC(OC)C(O)C(C)/C=C(\C)C1OC(N)=O. The first-order valence-electron chi connectivity index (χ1n) is 12.2. The molecule has 2 amide bonds. The molecular formula is C27H40N2O7. The number of carbonyl (C=O) groups is 2. The second kappa shape index (κ2) is 14.0. The summed E-state index contributed by atoms with van der Waals surface area (Å²) >= 11 is 0. The quantitative estimate of drug-likeness (QED) is 0.460. The number of nitrogens with two attached hydrogens (primary N) is 1. The molecule has 36 heavy (non-hydrogen) atoms. The molecule has 2 rings (SSSR count). The number of aliphatic hydroxyl groups is 1. The van der Waals surface area contributed by atoms with Gasteiger partial charge in [0.2, 0.25) is 5.91 Å². The Hall–Kier alpha value is -2.88. The number of aromatic hydroxyl groups is 1. The number of methoxy groups -OCH3 is 2. The fourth-order valence-corrected chi connectivity index (χ4v) is 4.68. The number of ether oxygens (including phenoxy) is 3. The molecule has 0 radical (unpaired) electrons. The van der Waals surface area contributed by atoms with Crippen LogP contribution in [-0.2, 0) is 25.4 Å². The first-order valence-corrected chi connectivity index (χ1v) is 12.2. The zero-order valence-corrected chi connectivity index (χ0v) is 21.8. The van der Waals surface area contributed by atoms with Crippen LogP contribution in [0.5, 0.6) is 5.75 Å². The summed E-state index contributed by atoms with van der Waals surface area (Å²) in [7, 11) is 3.08. The number of phenols is 1. The van der Waals surface area contributed by atoms with Gasteiger partial charge in [0.05, 0.1) is 18.3 Å². The van der Waals surface area contributed by atoms with Crippen molar-refractivity contribution in [2.45, 2.75) is 70.9 Å². The minimum absolute atomic E-state index is 0.0610. The van der Waals surface area contributed by atoms with Crippen LogP contribution in [0, 0.1) is 11.8 Å². The molecule has 0 spiro atoms. The van der Waals surface area contributed by atoms with E-state index in [2.05, 4.69) is 5.32 Å². The summed E-state index contributed by atoms with van der Waals surface area (Å²) < 4.78 is 16.6. The number of benzene rings is 1. The Kier molecular flexibility index (Phi) is 11.4. The van der Waals surface area contributed by atoms with Crippen molar-refractivity contribution in [3.05, 3.63) is 47.6 Å². The standard InChI is InChI=1S/C27H40N2O7/c1-16-10-19-13-20(15-21(30)14-19)29-24(31)9-7-6-8-22(34-4)26(36-27(28)33)18(3)12-17(2)25(32)23(11-16)35-5/h7,9,12-17,22-23,25-26,30,32H,6,8,10-11H2,1-5H3,(H2,28,33)(H,29,31)/b9-7+,18-12+. The monoisotopic (exact) mass is 504 g/mol. The van der Waals surface area contributed by atoms with Gasteiger partial charge in [-0.3, -0.25) is 4.79 Å². The highest BCUT2D eigenvalue weighted by Gasteiger charge is 2.29. The van der Waals surface area contributed by atoms with Crippen molar-refractivity contribution >= 4 is 17.7 Å². The van der Waals surface area contributed by atoms with Crippen molar-refractivity contribution in [2.75, 3.05) is 19.5 Å². The molecule has 2 bridgehead atoms. The topological polar surface area (TPSA) is 140 Å². The summed E-state index contributed by atoms with van der Waals surface area (Å²) in [6, 6.07) is 4.99. The van der Waals surface area contributed by atoms with Crippen molar-refractivity contribution in [2.24, 2.45) is 17.6 Å². The maximum atomic E-state index is 12.4. The number of anilines is 1. The molecule has 1 aromatic carbocycles. The Morgan fingerprint density at radius 3 is 2.47 bits per heavy atom. The van der Waals surface area contributed by atoms with Gasteiger partial charge in [-0.25, -0.2) is 4.79 Å². The summed E-state index contributed by atoms with van der Waals surface area (Å²) in [4.78, 5) is 24.0. The molecule has 1 aliphatic heterocycles. The van der Waals surface area contributed by atoms with Gasteiger partial charge in [-0.15, -0.1) is 0 Å². The molecule has 1 aromatic rings. The van der Waals surface area contributed by atoms with Crippen LogP contribution in [0.1, 0.15) is 45.6 Å². The highest BCUT2D eigenvalue weighted by Crippen LogP contribution is 2.27. The van der Waals surface area contributed by atoms with E-state index in [4.69, 9.17) is 19.9 Å². The van der Waals surface area contributed by atoms with Crippen molar-refractivity contribution in [1.29, 1.82) is 0 Å². The number of phenolic OH excluding ortho intramolecular Hbond substituents is 1. The fraction of sp³-hybridized carbons (Fsp3) is 0.556. The van der Waals surface area contributed by atoms with E-state index < -0.39 is 30.5 Å². The second-order valence-electron chi connectivity index (χ2n) is 9.57.